The molecule has 0 unspecified atom stereocenters. The van der Waals surface area contributed by atoms with Crippen molar-refractivity contribution in [2.24, 2.45) is 7.05 Å². The molecule has 0 radical (unpaired) electrons. The highest BCUT2D eigenvalue weighted by atomic mass is 32.1. The standard InChI is InChI=1S/C22H23N5O5S/c1-26-10-14(9-24-26)21-25-15(12-33-21)11-32-20(28)5-4-6-27-13-23-17-8-19(31-3)18(30-2)7-16(17)22(27)29/h7-10,12-13H,4-6,11H2,1-3H3. The van der Waals surface area contributed by atoms with Gasteiger partial charge in [0, 0.05) is 43.2 Å². The van der Waals surface area contributed by atoms with Crippen LogP contribution < -0.4 is 15.0 Å². The van der Waals surface area contributed by atoms with Crippen molar-refractivity contribution in [1.29, 1.82) is 0 Å². The zero-order chi connectivity index (χ0) is 23.4. The molecule has 3 aromatic heterocycles. The Kier molecular flexibility index (Phi) is 6.68. The molecule has 0 aliphatic heterocycles. The number of esters is 1. The molecule has 11 heteroatoms. The highest BCUT2D eigenvalue weighted by molar-refractivity contribution is 7.13. The Balaban J connectivity index is 1.32. The molecule has 0 amide bonds. The van der Waals surface area contributed by atoms with E-state index in [9.17, 15) is 9.59 Å². The number of rotatable bonds is 9. The second-order valence-corrected chi connectivity index (χ2v) is 8.14. The van der Waals surface area contributed by atoms with Gasteiger partial charge in [-0.1, -0.05) is 0 Å². The van der Waals surface area contributed by atoms with Crippen molar-refractivity contribution in [2.45, 2.75) is 26.0 Å². The Labute approximate surface area is 193 Å². The number of hydrogen-bond acceptors (Lipinski definition) is 9. The summed E-state index contributed by atoms with van der Waals surface area (Å²) in [6.07, 6.45) is 5.71. The lowest BCUT2D eigenvalue weighted by Gasteiger charge is -2.10. The maximum absolute atomic E-state index is 12.8. The Hall–Kier alpha value is -3.73. The van der Waals surface area contributed by atoms with Crippen LogP contribution in [0.3, 0.4) is 0 Å². The van der Waals surface area contributed by atoms with Gasteiger partial charge in [-0.05, 0) is 12.5 Å². The monoisotopic (exact) mass is 469 g/mol. The van der Waals surface area contributed by atoms with Gasteiger partial charge >= 0.3 is 5.97 Å². The van der Waals surface area contributed by atoms with E-state index < -0.39 is 0 Å². The van der Waals surface area contributed by atoms with Gasteiger partial charge in [-0.2, -0.15) is 5.10 Å². The highest BCUT2D eigenvalue weighted by Gasteiger charge is 2.12. The Morgan fingerprint density at radius 2 is 1.97 bits per heavy atom. The molecule has 10 nitrogen and oxygen atoms in total. The van der Waals surface area contributed by atoms with Gasteiger partial charge < -0.3 is 14.2 Å². The molecular weight excluding hydrogens is 446 g/mol. The van der Waals surface area contributed by atoms with Crippen molar-refractivity contribution in [1.82, 2.24) is 24.3 Å². The number of methoxy groups -OCH3 is 2. The van der Waals surface area contributed by atoms with Crippen LogP contribution in [0.15, 0.2) is 41.0 Å². The number of aromatic nitrogens is 5. The van der Waals surface area contributed by atoms with Crippen LogP contribution in [0.2, 0.25) is 0 Å². The maximum Gasteiger partial charge on any atom is 0.306 e. The third-order valence-electron chi connectivity index (χ3n) is 4.99. The summed E-state index contributed by atoms with van der Waals surface area (Å²) >= 11 is 1.47. The number of nitrogens with zero attached hydrogens (tertiary/aromatic N) is 5. The van der Waals surface area contributed by atoms with Gasteiger partial charge in [0.25, 0.3) is 5.56 Å². The van der Waals surface area contributed by atoms with Crippen LogP contribution in [-0.2, 0) is 29.7 Å². The first-order valence-corrected chi connectivity index (χ1v) is 11.1. The first-order valence-electron chi connectivity index (χ1n) is 10.2. The van der Waals surface area contributed by atoms with Crippen molar-refractivity contribution in [3.63, 3.8) is 0 Å². The lowest BCUT2D eigenvalue weighted by molar-refractivity contribution is -0.145. The van der Waals surface area contributed by atoms with Gasteiger partial charge in [-0.15, -0.1) is 11.3 Å². The molecule has 0 bridgehead atoms. The summed E-state index contributed by atoms with van der Waals surface area (Å²) in [5, 5.41) is 7.24. The molecule has 172 valence electrons. The lowest BCUT2D eigenvalue weighted by Crippen LogP contribution is -2.21. The lowest BCUT2D eigenvalue weighted by atomic mass is 10.2. The van der Waals surface area contributed by atoms with E-state index in [1.165, 1.54) is 36.5 Å². The third kappa shape index (κ3) is 5.03. The zero-order valence-electron chi connectivity index (χ0n) is 18.5. The minimum Gasteiger partial charge on any atom is -0.493 e. The zero-order valence-corrected chi connectivity index (χ0v) is 19.3. The van der Waals surface area contributed by atoms with Gasteiger partial charge in [-0.3, -0.25) is 18.8 Å². The van der Waals surface area contributed by atoms with Crippen molar-refractivity contribution < 1.29 is 19.0 Å². The molecular formula is C22H23N5O5S. The summed E-state index contributed by atoms with van der Waals surface area (Å²) in [6.45, 7) is 0.446. The molecule has 0 saturated carbocycles. The number of fused-ring (bicyclic) bond motifs is 1. The quantitative estimate of drug-likeness (QED) is 0.344. The molecule has 0 saturated heterocycles. The second-order valence-electron chi connectivity index (χ2n) is 7.28. The predicted molar refractivity (Wildman–Crippen MR) is 122 cm³/mol. The first-order chi connectivity index (χ1) is 16.0. The van der Waals surface area contributed by atoms with Crippen molar-refractivity contribution in [3.8, 4) is 22.1 Å². The third-order valence-corrected chi connectivity index (χ3v) is 5.93. The van der Waals surface area contributed by atoms with Crippen molar-refractivity contribution in [2.75, 3.05) is 14.2 Å². The molecule has 4 rings (SSSR count). The smallest absolute Gasteiger partial charge is 0.306 e. The van der Waals surface area contributed by atoms with E-state index in [0.717, 1.165) is 10.6 Å². The van der Waals surface area contributed by atoms with E-state index in [4.69, 9.17) is 14.2 Å². The van der Waals surface area contributed by atoms with Gasteiger partial charge in [0.2, 0.25) is 0 Å². The van der Waals surface area contributed by atoms with Gasteiger partial charge in [0.15, 0.2) is 11.5 Å². The maximum atomic E-state index is 12.8. The number of aryl methyl sites for hydroxylation is 2. The van der Waals surface area contributed by atoms with E-state index in [2.05, 4.69) is 15.1 Å². The molecule has 0 atom stereocenters. The molecule has 0 aliphatic rings. The Bertz CT molecular complexity index is 1340. The Morgan fingerprint density at radius 3 is 2.70 bits per heavy atom. The number of carbonyl (C=O) groups excluding carboxylic acids is 1. The van der Waals surface area contributed by atoms with Crippen molar-refractivity contribution >= 4 is 28.2 Å². The van der Waals surface area contributed by atoms with Crippen LogP contribution in [0, 0.1) is 0 Å². The van der Waals surface area contributed by atoms with Gasteiger partial charge in [0.05, 0.1) is 43.3 Å². The minimum absolute atomic E-state index is 0.106. The number of hydrogen-bond donors (Lipinski definition) is 0. The summed E-state index contributed by atoms with van der Waals surface area (Å²) in [7, 11) is 4.88. The number of thiazole rings is 1. The van der Waals surface area contributed by atoms with Crippen LogP contribution in [-0.4, -0.2) is 44.5 Å². The summed E-state index contributed by atoms with van der Waals surface area (Å²) < 4.78 is 19.0. The van der Waals surface area contributed by atoms with Crippen LogP contribution in [0.25, 0.3) is 21.5 Å². The first kappa shape index (κ1) is 22.5. The van der Waals surface area contributed by atoms with Crippen molar-refractivity contribution in [3.05, 3.63) is 52.3 Å². The molecule has 0 aliphatic carbocycles. The average molecular weight is 470 g/mol. The molecule has 0 spiro atoms. The number of ether oxygens (including phenoxy) is 3. The van der Waals surface area contributed by atoms with E-state index in [0.29, 0.717) is 41.1 Å². The number of carbonyl (C=O) groups is 1. The predicted octanol–water partition coefficient (Wildman–Crippen LogP) is 2.79. The molecule has 1 aromatic carbocycles. The fourth-order valence-electron chi connectivity index (χ4n) is 3.30. The largest absolute Gasteiger partial charge is 0.493 e. The summed E-state index contributed by atoms with van der Waals surface area (Å²) in [5.74, 6) is 0.614. The van der Waals surface area contributed by atoms with E-state index in [1.807, 2.05) is 18.6 Å². The summed E-state index contributed by atoms with van der Waals surface area (Å²) in [4.78, 5) is 33.7. The fraction of sp³-hybridized carbons (Fsp3) is 0.318. The van der Waals surface area contributed by atoms with Crippen LogP contribution in [0.5, 0.6) is 11.5 Å². The molecule has 3 heterocycles. The molecule has 4 aromatic rings. The fourth-order valence-corrected chi connectivity index (χ4v) is 4.08. The molecule has 33 heavy (non-hydrogen) atoms. The second kappa shape index (κ2) is 9.82. The van der Waals surface area contributed by atoms with Gasteiger partial charge in [-0.25, -0.2) is 9.97 Å². The minimum atomic E-state index is -0.348. The SMILES string of the molecule is COc1cc2ncn(CCCC(=O)OCc3csc(-c4cnn(C)c4)n3)c(=O)c2cc1OC. The molecule has 0 fully saturated rings. The van der Waals surface area contributed by atoms with E-state index >= 15 is 0 Å². The van der Waals surface area contributed by atoms with Crippen LogP contribution in [0.1, 0.15) is 18.5 Å². The molecule has 0 N–H and O–H groups in total. The summed E-state index contributed by atoms with van der Waals surface area (Å²) in [6, 6.07) is 3.28. The van der Waals surface area contributed by atoms with Gasteiger partial charge in [0.1, 0.15) is 11.6 Å². The highest BCUT2D eigenvalue weighted by Crippen LogP contribution is 2.29. The van der Waals surface area contributed by atoms with Crippen LogP contribution in [0.4, 0.5) is 0 Å². The Morgan fingerprint density at radius 1 is 1.18 bits per heavy atom. The van der Waals surface area contributed by atoms with E-state index in [-0.39, 0.29) is 24.6 Å². The normalized spacial score (nSPS) is 11.0. The average Bonchev–Trinajstić information content (AvgIpc) is 3.47. The van der Waals surface area contributed by atoms with Crippen LogP contribution >= 0.6 is 11.3 Å². The number of benzene rings is 1. The summed E-state index contributed by atoms with van der Waals surface area (Å²) in [5.41, 5.74) is 1.92. The van der Waals surface area contributed by atoms with E-state index in [1.54, 1.807) is 23.0 Å². The topological polar surface area (TPSA) is 110 Å².